The fraction of sp³-hybridized carbons (Fsp3) is 1.00. The third-order valence-corrected chi connectivity index (χ3v) is 3.02. The summed E-state index contributed by atoms with van der Waals surface area (Å²) in [6, 6.07) is 1.88. The van der Waals surface area contributed by atoms with Gasteiger partial charge in [-0.25, -0.2) is 0 Å². The molecule has 3 nitrogen and oxygen atoms in total. The van der Waals surface area contributed by atoms with Crippen molar-refractivity contribution in [1.82, 2.24) is 15.1 Å². The lowest BCUT2D eigenvalue weighted by Gasteiger charge is -2.27. The molecule has 0 bridgehead atoms. The summed E-state index contributed by atoms with van der Waals surface area (Å²) >= 11 is 0. The molecule has 1 fully saturated rings. The van der Waals surface area contributed by atoms with Crippen LogP contribution in [0.15, 0.2) is 0 Å². The Kier molecular flexibility index (Phi) is 4.35. The molecule has 0 aromatic rings. The van der Waals surface area contributed by atoms with Crippen molar-refractivity contribution >= 4 is 0 Å². The second-order valence-electron chi connectivity index (χ2n) is 4.81. The van der Waals surface area contributed by atoms with E-state index < -0.39 is 0 Å². The molecular formula is C11H27N3. The molecule has 0 unspecified atom stereocenters. The van der Waals surface area contributed by atoms with Gasteiger partial charge < -0.3 is 15.1 Å². The molecule has 0 radical (unpaired) electrons. The van der Waals surface area contributed by atoms with E-state index in [0.29, 0.717) is 18.1 Å². The lowest BCUT2D eigenvalue weighted by Crippen LogP contribution is -2.48. The zero-order valence-electron chi connectivity index (χ0n) is 10.2. The van der Waals surface area contributed by atoms with Crippen LogP contribution in [0.1, 0.15) is 22.2 Å². The zero-order chi connectivity index (χ0) is 10.7. The van der Waals surface area contributed by atoms with E-state index in [1.165, 1.54) is 19.6 Å². The summed E-state index contributed by atoms with van der Waals surface area (Å²) in [6.45, 7) is 10.2. The van der Waals surface area contributed by atoms with Crippen LogP contribution in [0.4, 0.5) is 0 Å². The first-order valence-electron chi connectivity index (χ1n) is 5.69. The molecule has 1 aliphatic heterocycles. The summed E-state index contributed by atoms with van der Waals surface area (Å²) in [7, 11) is 4.36. The average molecular weight is 201 g/mol. The highest BCUT2D eigenvalue weighted by Gasteiger charge is 2.33. The third kappa shape index (κ3) is 2.94. The summed E-state index contributed by atoms with van der Waals surface area (Å²) in [4.78, 5) is 4.86. The molecule has 0 aromatic heterocycles. The van der Waals surface area contributed by atoms with E-state index >= 15 is 0 Å². The third-order valence-electron chi connectivity index (χ3n) is 3.02. The minimum absolute atomic E-state index is 0. The number of hydrogen-bond donors (Lipinski definition) is 1. The molecule has 0 spiro atoms. The van der Waals surface area contributed by atoms with Gasteiger partial charge in [0.15, 0.2) is 0 Å². The molecule has 14 heavy (non-hydrogen) atoms. The van der Waals surface area contributed by atoms with Gasteiger partial charge in [-0.2, -0.15) is 0 Å². The molecule has 1 N–H and O–H groups in total. The van der Waals surface area contributed by atoms with Crippen LogP contribution in [0, 0.1) is 0 Å². The SMILES string of the molecule is CCN1C[C@H](NC(C)C)[C@H](N(C)C)C1.[HH]. The summed E-state index contributed by atoms with van der Waals surface area (Å²) in [5.74, 6) is 0. The fourth-order valence-electron chi connectivity index (χ4n) is 2.24. The molecule has 2 atom stereocenters. The van der Waals surface area contributed by atoms with Crippen molar-refractivity contribution in [3.63, 3.8) is 0 Å². The van der Waals surface area contributed by atoms with Gasteiger partial charge in [0.25, 0.3) is 0 Å². The van der Waals surface area contributed by atoms with Gasteiger partial charge in [0.2, 0.25) is 0 Å². The Morgan fingerprint density at radius 3 is 2.50 bits per heavy atom. The molecule has 1 saturated heterocycles. The Labute approximate surface area is 89.9 Å². The van der Waals surface area contributed by atoms with Crippen molar-refractivity contribution in [2.24, 2.45) is 0 Å². The largest absolute Gasteiger partial charge is 0.309 e. The van der Waals surface area contributed by atoms with Crippen LogP contribution in [0.5, 0.6) is 0 Å². The van der Waals surface area contributed by atoms with Gasteiger partial charge in [-0.05, 0) is 20.6 Å². The first-order chi connectivity index (χ1) is 6.54. The Morgan fingerprint density at radius 2 is 2.07 bits per heavy atom. The average Bonchev–Trinajstić information content (AvgIpc) is 2.46. The topological polar surface area (TPSA) is 18.5 Å². The molecular weight excluding hydrogens is 174 g/mol. The van der Waals surface area contributed by atoms with Crippen molar-refractivity contribution in [3.05, 3.63) is 0 Å². The molecule has 1 heterocycles. The monoisotopic (exact) mass is 201 g/mol. The van der Waals surface area contributed by atoms with E-state index in [0.717, 1.165) is 0 Å². The minimum atomic E-state index is 0. The van der Waals surface area contributed by atoms with E-state index in [-0.39, 0.29) is 1.43 Å². The maximum absolute atomic E-state index is 3.65. The van der Waals surface area contributed by atoms with Crippen molar-refractivity contribution in [2.45, 2.75) is 38.9 Å². The van der Waals surface area contributed by atoms with Gasteiger partial charge in [-0.1, -0.05) is 20.8 Å². The molecule has 0 aliphatic carbocycles. The number of rotatable bonds is 4. The Hall–Kier alpha value is -0.120. The predicted molar refractivity (Wildman–Crippen MR) is 63.8 cm³/mol. The van der Waals surface area contributed by atoms with Gasteiger partial charge in [-0.3, -0.25) is 0 Å². The fourth-order valence-corrected chi connectivity index (χ4v) is 2.24. The molecule has 1 rings (SSSR count). The highest BCUT2D eigenvalue weighted by atomic mass is 15.3. The molecule has 3 heteroatoms. The highest BCUT2D eigenvalue weighted by Crippen LogP contribution is 2.14. The first-order valence-corrected chi connectivity index (χ1v) is 5.69. The van der Waals surface area contributed by atoms with Crippen LogP contribution < -0.4 is 5.32 Å². The number of likely N-dealkylation sites (N-methyl/N-ethyl adjacent to an activating group) is 2. The van der Waals surface area contributed by atoms with Crippen LogP contribution in [-0.4, -0.2) is 61.7 Å². The molecule has 0 saturated carbocycles. The predicted octanol–water partition coefficient (Wildman–Crippen LogP) is 0.865. The van der Waals surface area contributed by atoms with Crippen molar-refractivity contribution in [1.29, 1.82) is 0 Å². The smallest absolute Gasteiger partial charge is 0.0383 e. The van der Waals surface area contributed by atoms with Crippen LogP contribution in [0.3, 0.4) is 0 Å². The van der Waals surface area contributed by atoms with Crippen LogP contribution in [0.25, 0.3) is 0 Å². The number of hydrogen-bond acceptors (Lipinski definition) is 3. The van der Waals surface area contributed by atoms with Crippen LogP contribution in [-0.2, 0) is 0 Å². The summed E-state index contributed by atoms with van der Waals surface area (Å²) < 4.78 is 0. The van der Waals surface area contributed by atoms with Crippen molar-refractivity contribution in [2.75, 3.05) is 33.7 Å². The zero-order valence-corrected chi connectivity index (χ0v) is 10.2. The second kappa shape index (κ2) is 5.10. The highest BCUT2D eigenvalue weighted by molar-refractivity contribution is 4.94. The second-order valence-corrected chi connectivity index (χ2v) is 4.81. The van der Waals surface area contributed by atoms with E-state index in [1.54, 1.807) is 0 Å². The summed E-state index contributed by atoms with van der Waals surface area (Å²) in [5.41, 5.74) is 0. The molecule has 1 aliphatic rings. The minimum Gasteiger partial charge on any atom is -0.309 e. The van der Waals surface area contributed by atoms with E-state index in [4.69, 9.17) is 0 Å². The standard InChI is InChI=1S/C11H25N3.H2/c1-6-14-7-10(12-9(2)3)11(8-14)13(4)5;/h9-12H,6-8H2,1-5H3;1H/t10-,11+;/m0./s1. The first kappa shape index (κ1) is 12.0. The molecule has 86 valence electrons. The maximum Gasteiger partial charge on any atom is 0.0383 e. The van der Waals surface area contributed by atoms with Crippen molar-refractivity contribution in [3.8, 4) is 0 Å². The quantitative estimate of drug-likeness (QED) is 0.728. The summed E-state index contributed by atoms with van der Waals surface area (Å²) in [6.07, 6.45) is 0. The number of nitrogens with zero attached hydrogens (tertiary/aromatic N) is 2. The lowest BCUT2D eigenvalue weighted by molar-refractivity contribution is 0.252. The van der Waals surface area contributed by atoms with Gasteiger partial charge >= 0.3 is 0 Å². The van der Waals surface area contributed by atoms with Gasteiger partial charge in [0.05, 0.1) is 0 Å². The van der Waals surface area contributed by atoms with E-state index in [2.05, 4.69) is 50.0 Å². The maximum atomic E-state index is 3.65. The van der Waals surface area contributed by atoms with Crippen LogP contribution >= 0.6 is 0 Å². The van der Waals surface area contributed by atoms with Gasteiger partial charge in [0, 0.05) is 32.6 Å². The number of nitrogens with one attached hydrogen (secondary N) is 1. The Bertz CT molecular complexity index is 173. The van der Waals surface area contributed by atoms with Gasteiger partial charge in [-0.15, -0.1) is 0 Å². The summed E-state index contributed by atoms with van der Waals surface area (Å²) in [5, 5.41) is 3.65. The Morgan fingerprint density at radius 1 is 1.43 bits per heavy atom. The van der Waals surface area contributed by atoms with E-state index in [9.17, 15) is 0 Å². The molecule has 0 aromatic carbocycles. The van der Waals surface area contributed by atoms with Crippen LogP contribution in [0.2, 0.25) is 0 Å². The Balaban J connectivity index is 0.00000196. The molecule has 0 amide bonds. The lowest BCUT2D eigenvalue weighted by atomic mass is 10.1. The number of likely N-dealkylation sites (tertiary alicyclic amines) is 1. The van der Waals surface area contributed by atoms with Gasteiger partial charge in [0.1, 0.15) is 0 Å². The van der Waals surface area contributed by atoms with Crippen molar-refractivity contribution < 1.29 is 1.43 Å². The normalized spacial score (nSPS) is 29.4. The van der Waals surface area contributed by atoms with E-state index in [1.807, 2.05) is 0 Å².